The molecular weight excluding hydrogens is 226 g/mol. The zero-order chi connectivity index (χ0) is 12.0. The van der Waals surface area contributed by atoms with Crippen molar-refractivity contribution < 1.29 is 8.42 Å². The quantitative estimate of drug-likeness (QED) is 0.736. The van der Waals surface area contributed by atoms with Gasteiger partial charge in [0.05, 0.1) is 0 Å². The minimum atomic E-state index is -3.28. The van der Waals surface area contributed by atoms with E-state index in [1.807, 2.05) is 12.1 Å². The summed E-state index contributed by atoms with van der Waals surface area (Å²) in [6, 6.07) is 3.85. The number of rotatable bonds is 6. The average Bonchev–Trinajstić information content (AvgIpc) is 2.26. The number of aromatic nitrogens is 1. The Labute approximate surface area is 96.7 Å². The summed E-state index contributed by atoms with van der Waals surface area (Å²) in [7, 11) is -0.278. The van der Waals surface area contributed by atoms with E-state index < -0.39 is 10.2 Å². The van der Waals surface area contributed by atoms with Gasteiger partial charge in [-0.15, -0.1) is 0 Å². The lowest BCUT2D eigenvalue weighted by Crippen LogP contribution is -2.36. The van der Waals surface area contributed by atoms with E-state index >= 15 is 0 Å². The molecule has 0 aliphatic rings. The number of nitrogens with one attached hydrogen (secondary N) is 1. The molecule has 0 fully saturated rings. The molecule has 1 heterocycles. The van der Waals surface area contributed by atoms with E-state index in [-0.39, 0.29) is 0 Å². The molecule has 0 spiro atoms. The first kappa shape index (κ1) is 13.1. The van der Waals surface area contributed by atoms with Gasteiger partial charge >= 0.3 is 0 Å². The summed E-state index contributed by atoms with van der Waals surface area (Å²) in [6.07, 6.45) is 5.10. The summed E-state index contributed by atoms with van der Waals surface area (Å²) in [5.74, 6) is 0. The fraction of sp³-hybridized carbons (Fsp3) is 0.500. The number of hydrogen-bond donors (Lipinski definition) is 1. The molecule has 1 aromatic heterocycles. The van der Waals surface area contributed by atoms with Crippen molar-refractivity contribution in [1.29, 1.82) is 0 Å². The predicted octanol–water partition coefficient (Wildman–Crippen LogP) is 0.410. The van der Waals surface area contributed by atoms with Crippen LogP contribution in [0.15, 0.2) is 24.5 Å². The van der Waals surface area contributed by atoms with Crippen LogP contribution in [0.25, 0.3) is 0 Å². The number of hydrogen-bond acceptors (Lipinski definition) is 3. The molecule has 5 nitrogen and oxygen atoms in total. The van der Waals surface area contributed by atoms with E-state index in [4.69, 9.17) is 0 Å². The normalized spacial score (nSPS) is 11.9. The summed E-state index contributed by atoms with van der Waals surface area (Å²) in [5.41, 5.74) is 1.12. The molecule has 1 rings (SSSR count). The van der Waals surface area contributed by atoms with Gasteiger partial charge in [0, 0.05) is 33.0 Å². The van der Waals surface area contributed by atoms with Crippen molar-refractivity contribution >= 4 is 10.2 Å². The maximum Gasteiger partial charge on any atom is 0.278 e. The van der Waals surface area contributed by atoms with Gasteiger partial charge in [-0.3, -0.25) is 4.98 Å². The Morgan fingerprint density at radius 2 is 2.19 bits per heavy atom. The number of pyridine rings is 1. The van der Waals surface area contributed by atoms with Crippen LogP contribution in [-0.2, 0) is 16.6 Å². The second-order valence-corrected chi connectivity index (χ2v) is 5.62. The van der Waals surface area contributed by atoms with Crippen molar-refractivity contribution in [2.45, 2.75) is 12.8 Å². The third-order valence-electron chi connectivity index (χ3n) is 2.13. The van der Waals surface area contributed by atoms with Crippen LogP contribution in [0.3, 0.4) is 0 Å². The van der Waals surface area contributed by atoms with E-state index in [0.717, 1.165) is 22.7 Å². The fourth-order valence-electron chi connectivity index (χ4n) is 1.17. The third kappa shape index (κ3) is 4.26. The van der Waals surface area contributed by atoms with Crippen LogP contribution in [0.2, 0.25) is 0 Å². The molecule has 0 aliphatic heterocycles. The highest BCUT2D eigenvalue weighted by Gasteiger charge is 2.10. The van der Waals surface area contributed by atoms with Crippen molar-refractivity contribution in [3.05, 3.63) is 30.1 Å². The largest absolute Gasteiger partial charge is 0.278 e. The van der Waals surface area contributed by atoms with Crippen LogP contribution in [0.4, 0.5) is 0 Å². The van der Waals surface area contributed by atoms with Crippen molar-refractivity contribution in [3.8, 4) is 0 Å². The second-order valence-electron chi connectivity index (χ2n) is 3.65. The van der Waals surface area contributed by atoms with Gasteiger partial charge in [0.1, 0.15) is 0 Å². The van der Waals surface area contributed by atoms with Gasteiger partial charge in [0.15, 0.2) is 0 Å². The molecule has 16 heavy (non-hydrogen) atoms. The van der Waals surface area contributed by atoms with Crippen molar-refractivity contribution in [2.24, 2.45) is 0 Å². The molecule has 1 aromatic rings. The second kappa shape index (κ2) is 5.93. The van der Waals surface area contributed by atoms with Gasteiger partial charge in [0.25, 0.3) is 10.2 Å². The highest BCUT2D eigenvalue weighted by molar-refractivity contribution is 7.87. The SMILES string of the molecule is CN(C)S(=O)(=O)NCCCc1cccnc1. The average molecular weight is 243 g/mol. The van der Waals surface area contributed by atoms with E-state index in [2.05, 4.69) is 9.71 Å². The molecule has 1 N–H and O–H groups in total. The summed E-state index contributed by atoms with van der Waals surface area (Å²) < 4.78 is 26.4. The van der Waals surface area contributed by atoms with Gasteiger partial charge in [-0.05, 0) is 24.5 Å². The van der Waals surface area contributed by atoms with Gasteiger partial charge in [-0.2, -0.15) is 12.7 Å². The standard InChI is InChI=1S/C10H17N3O2S/c1-13(2)16(14,15)12-8-4-6-10-5-3-7-11-9-10/h3,5,7,9,12H,4,6,8H2,1-2H3. The topological polar surface area (TPSA) is 62.3 Å². The highest BCUT2D eigenvalue weighted by Crippen LogP contribution is 1.99. The highest BCUT2D eigenvalue weighted by atomic mass is 32.2. The summed E-state index contributed by atoms with van der Waals surface area (Å²) in [5, 5.41) is 0. The Morgan fingerprint density at radius 1 is 1.44 bits per heavy atom. The van der Waals surface area contributed by atoms with Gasteiger partial charge in [0.2, 0.25) is 0 Å². The fourth-order valence-corrected chi connectivity index (χ4v) is 1.83. The lowest BCUT2D eigenvalue weighted by Gasteiger charge is -2.11. The van der Waals surface area contributed by atoms with E-state index in [9.17, 15) is 8.42 Å². The van der Waals surface area contributed by atoms with Gasteiger partial charge < -0.3 is 0 Å². The predicted molar refractivity (Wildman–Crippen MR) is 63.2 cm³/mol. The Bertz CT molecular complexity index is 403. The van der Waals surface area contributed by atoms with Crippen molar-refractivity contribution in [2.75, 3.05) is 20.6 Å². The van der Waals surface area contributed by atoms with Crippen molar-refractivity contribution in [3.63, 3.8) is 0 Å². The smallest absolute Gasteiger partial charge is 0.264 e. The zero-order valence-electron chi connectivity index (χ0n) is 9.55. The van der Waals surface area contributed by atoms with E-state index in [1.165, 1.54) is 14.1 Å². The first-order chi connectivity index (χ1) is 7.52. The molecule has 90 valence electrons. The Balaban J connectivity index is 2.28. The summed E-state index contributed by atoms with van der Waals surface area (Å²) in [6.45, 7) is 0.440. The molecule has 0 unspecified atom stereocenters. The molecule has 0 saturated heterocycles. The van der Waals surface area contributed by atoms with Crippen LogP contribution in [0, 0.1) is 0 Å². The minimum Gasteiger partial charge on any atom is -0.264 e. The Morgan fingerprint density at radius 3 is 2.75 bits per heavy atom. The molecule has 0 amide bonds. The Kier molecular flexibility index (Phi) is 4.85. The van der Waals surface area contributed by atoms with E-state index in [1.54, 1.807) is 12.4 Å². The number of aryl methyl sites for hydroxylation is 1. The van der Waals surface area contributed by atoms with Crippen LogP contribution < -0.4 is 4.72 Å². The van der Waals surface area contributed by atoms with Crippen LogP contribution in [-0.4, -0.2) is 38.3 Å². The molecule has 0 radical (unpaired) electrons. The zero-order valence-corrected chi connectivity index (χ0v) is 10.4. The van der Waals surface area contributed by atoms with Crippen LogP contribution >= 0.6 is 0 Å². The molecule has 0 aliphatic carbocycles. The van der Waals surface area contributed by atoms with Gasteiger partial charge in [-0.25, -0.2) is 4.72 Å². The molecular formula is C10H17N3O2S. The molecule has 0 saturated carbocycles. The summed E-state index contributed by atoms with van der Waals surface area (Å²) >= 11 is 0. The lowest BCUT2D eigenvalue weighted by molar-refractivity contribution is 0.504. The minimum absolute atomic E-state index is 0.440. The maximum absolute atomic E-state index is 11.3. The Hall–Kier alpha value is -0.980. The van der Waals surface area contributed by atoms with Gasteiger partial charge in [-0.1, -0.05) is 6.07 Å². The lowest BCUT2D eigenvalue weighted by atomic mass is 10.2. The molecule has 0 aromatic carbocycles. The monoisotopic (exact) mass is 243 g/mol. The van der Waals surface area contributed by atoms with Crippen LogP contribution in [0.1, 0.15) is 12.0 Å². The maximum atomic E-state index is 11.3. The van der Waals surface area contributed by atoms with E-state index in [0.29, 0.717) is 6.54 Å². The molecule has 0 bridgehead atoms. The van der Waals surface area contributed by atoms with Crippen molar-refractivity contribution in [1.82, 2.24) is 14.0 Å². The molecule has 6 heteroatoms. The summed E-state index contributed by atoms with van der Waals surface area (Å²) in [4.78, 5) is 3.99. The van der Waals surface area contributed by atoms with Crippen LogP contribution in [0.5, 0.6) is 0 Å². The third-order valence-corrected chi connectivity index (χ3v) is 3.66. The molecule has 0 atom stereocenters. The first-order valence-electron chi connectivity index (χ1n) is 5.08. The number of nitrogens with zero attached hydrogens (tertiary/aromatic N) is 2. The first-order valence-corrected chi connectivity index (χ1v) is 6.52.